The number of benzene rings is 2. The number of halogens is 1. The van der Waals surface area contributed by atoms with Crippen LogP contribution in [0.2, 0.25) is 0 Å². The van der Waals surface area contributed by atoms with Crippen molar-refractivity contribution < 1.29 is 19.4 Å². The van der Waals surface area contributed by atoms with E-state index in [1.165, 1.54) is 23.1 Å². The first-order chi connectivity index (χ1) is 11.1. The van der Waals surface area contributed by atoms with Gasteiger partial charge in [-0.05, 0) is 23.3 Å². The molecule has 2 aromatic carbocycles. The standard InChI is InChI=1S/C17H19FN2O3/c18-15-10-14(6-7-16(15)22)11-19-17(23)20(8-9-21)12-13-4-2-1-3-5-13/h1-7,10,21-22H,8-9,11-12H2,(H,19,23). The fourth-order valence-corrected chi connectivity index (χ4v) is 2.13. The van der Waals surface area contributed by atoms with Crippen molar-refractivity contribution in [2.75, 3.05) is 13.2 Å². The Hall–Kier alpha value is -2.60. The summed E-state index contributed by atoms with van der Waals surface area (Å²) >= 11 is 0. The van der Waals surface area contributed by atoms with Gasteiger partial charge in [-0.1, -0.05) is 36.4 Å². The number of phenols is 1. The molecule has 2 aromatic rings. The quantitative estimate of drug-likeness (QED) is 0.765. The van der Waals surface area contributed by atoms with Crippen molar-refractivity contribution in [3.05, 3.63) is 65.5 Å². The van der Waals surface area contributed by atoms with Crippen LogP contribution in [0.3, 0.4) is 0 Å². The molecule has 0 aromatic heterocycles. The van der Waals surface area contributed by atoms with Crippen LogP contribution in [0.1, 0.15) is 11.1 Å². The first kappa shape index (κ1) is 16.8. The monoisotopic (exact) mass is 318 g/mol. The number of nitrogens with one attached hydrogen (secondary N) is 1. The molecule has 0 aliphatic heterocycles. The summed E-state index contributed by atoms with van der Waals surface area (Å²) in [6.07, 6.45) is 0. The van der Waals surface area contributed by atoms with Crippen LogP contribution in [0.25, 0.3) is 0 Å². The summed E-state index contributed by atoms with van der Waals surface area (Å²) in [5.74, 6) is -1.15. The number of aromatic hydroxyl groups is 1. The largest absolute Gasteiger partial charge is 0.505 e. The predicted octanol–water partition coefficient (Wildman–Crippen LogP) is 2.24. The van der Waals surface area contributed by atoms with E-state index in [0.29, 0.717) is 12.1 Å². The second-order valence-corrected chi connectivity index (χ2v) is 5.08. The molecule has 23 heavy (non-hydrogen) atoms. The molecule has 2 rings (SSSR count). The van der Waals surface area contributed by atoms with Crippen LogP contribution >= 0.6 is 0 Å². The van der Waals surface area contributed by atoms with E-state index in [9.17, 15) is 9.18 Å². The van der Waals surface area contributed by atoms with Gasteiger partial charge in [0.2, 0.25) is 0 Å². The lowest BCUT2D eigenvalue weighted by Crippen LogP contribution is -2.40. The van der Waals surface area contributed by atoms with Crippen LogP contribution < -0.4 is 5.32 Å². The molecule has 0 saturated heterocycles. The number of amides is 2. The number of carbonyl (C=O) groups is 1. The maximum atomic E-state index is 13.3. The molecule has 3 N–H and O–H groups in total. The number of aliphatic hydroxyl groups is 1. The summed E-state index contributed by atoms with van der Waals surface area (Å²) < 4.78 is 13.3. The van der Waals surface area contributed by atoms with Crippen molar-refractivity contribution in [3.8, 4) is 5.75 Å². The van der Waals surface area contributed by atoms with Crippen molar-refractivity contribution in [1.82, 2.24) is 10.2 Å². The molecule has 5 nitrogen and oxygen atoms in total. The maximum absolute atomic E-state index is 13.3. The topological polar surface area (TPSA) is 72.8 Å². The molecule has 0 saturated carbocycles. The van der Waals surface area contributed by atoms with Gasteiger partial charge in [-0.15, -0.1) is 0 Å². The molecule has 0 radical (unpaired) electrons. The molecule has 0 fully saturated rings. The SMILES string of the molecule is O=C(NCc1ccc(O)c(F)c1)N(CCO)Cc1ccccc1. The maximum Gasteiger partial charge on any atom is 0.318 e. The Morgan fingerprint density at radius 3 is 2.52 bits per heavy atom. The summed E-state index contributed by atoms with van der Waals surface area (Å²) in [5, 5.41) is 20.9. The van der Waals surface area contributed by atoms with Gasteiger partial charge in [0.25, 0.3) is 0 Å². The van der Waals surface area contributed by atoms with Gasteiger partial charge in [-0.2, -0.15) is 0 Å². The number of hydrogen-bond acceptors (Lipinski definition) is 3. The molecule has 0 heterocycles. The molecule has 0 atom stereocenters. The Kier molecular flexibility index (Phi) is 5.94. The van der Waals surface area contributed by atoms with Gasteiger partial charge in [0.05, 0.1) is 6.61 Å². The Balaban J connectivity index is 1.96. The van der Waals surface area contributed by atoms with Gasteiger partial charge in [0, 0.05) is 19.6 Å². The Morgan fingerprint density at radius 2 is 1.87 bits per heavy atom. The van der Waals surface area contributed by atoms with Gasteiger partial charge in [-0.3, -0.25) is 0 Å². The van der Waals surface area contributed by atoms with E-state index >= 15 is 0 Å². The normalized spacial score (nSPS) is 10.3. The fraction of sp³-hybridized carbons (Fsp3) is 0.235. The van der Waals surface area contributed by atoms with Crippen molar-refractivity contribution in [2.24, 2.45) is 0 Å². The predicted molar refractivity (Wildman–Crippen MR) is 84.2 cm³/mol. The number of hydrogen-bond donors (Lipinski definition) is 3. The molecule has 6 heteroatoms. The average molecular weight is 318 g/mol. The molecule has 2 amide bonds. The van der Waals surface area contributed by atoms with Crippen LogP contribution in [-0.4, -0.2) is 34.3 Å². The molecular weight excluding hydrogens is 299 g/mol. The van der Waals surface area contributed by atoms with Crippen LogP contribution in [0, 0.1) is 5.82 Å². The highest BCUT2D eigenvalue weighted by atomic mass is 19.1. The number of urea groups is 1. The average Bonchev–Trinajstić information content (AvgIpc) is 2.56. The van der Waals surface area contributed by atoms with E-state index in [-0.39, 0.29) is 25.7 Å². The van der Waals surface area contributed by atoms with Gasteiger partial charge in [0.15, 0.2) is 11.6 Å². The lowest BCUT2D eigenvalue weighted by molar-refractivity contribution is 0.173. The van der Waals surface area contributed by atoms with E-state index < -0.39 is 11.6 Å². The van der Waals surface area contributed by atoms with Gasteiger partial charge in [0.1, 0.15) is 0 Å². The number of rotatable bonds is 6. The first-order valence-electron chi connectivity index (χ1n) is 7.25. The number of nitrogens with zero attached hydrogens (tertiary/aromatic N) is 1. The zero-order valence-corrected chi connectivity index (χ0v) is 12.6. The minimum absolute atomic E-state index is 0.132. The minimum Gasteiger partial charge on any atom is -0.505 e. The minimum atomic E-state index is -0.728. The van der Waals surface area contributed by atoms with Crippen molar-refractivity contribution >= 4 is 6.03 Å². The van der Waals surface area contributed by atoms with Crippen molar-refractivity contribution in [3.63, 3.8) is 0 Å². The van der Waals surface area contributed by atoms with E-state index in [1.54, 1.807) is 0 Å². The highest BCUT2D eigenvalue weighted by Crippen LogP contribution is 2.16. The van der Waals surface area contributed by atoms with E-state index in [0.717, 1.165) is 5.56 Å². The van der Waals surface area contributed by atoms with E-state index in [4.69, 9.17) is 10.2 Å². The van der Waals surface area contributed by atoms with Gasteiger partial charge < -0.3 is 20.4 Å². The third-order valence-electron chi connectivity index (χ3n) is 3.33. The third kappa shape index (κ3) is 4.96. The Labute approximate surface area is 134 Å². The van der Waals surface area contributed by atoms with Crippen LogP contribution in [0.5, 0.6) is 5.75 Å². The van der Waals surface area contributed by atoms with Crippen LogP contribution in [0.15, 0.2) is 48.5 Å². The molecular formula is C17H19FN2O3. The first-order valence-corrected chi connectivity index (χ1v) is 7.25. The summed E-state index contributed by atoms with van der Waals surface area (Å²) in [5.41, 5.74) is 1.49. The molecule has 0 aliphatic rings. The lowest BCUT2D eigenvalue weighted by atomic mass is 10.2. The van der Waals surface area contributed by atoms with E-state index in [1.807, 2.05) is 30.3 Å². The second kappa shape index (κ2) is 8.14. The molecule has 122 valence electrons. The summed E-state index contributed by atoms with van der Waals surface area (Å²) in [6, 6.07) is 13.0. The van der Waals surface area contributed by atoms with Gasteiger partial charge >= 0.3 is 6.03 Å². The Bertz CT molecular complexity index is 650. The molecule has 0 aliphatic carbocycles. The van der Waals surface area contributed by atoms with Crippen LogP contribution in [-0.2, 0) is 13.1 Å². The summed E-state index contributed by atoms with van der Waals surface area (Å²) in [7, 11) is 0. The van der Waals surface area contributed by atoms with Crippen molar-refractivity contribution in [2.45, 2.75) is 13.1 Å². The summed E-state index contributed by atoms with van der Waals surface area (Å²) in [4.78, 5) is 13.7. The lowest BCUT2D eigenvalue weighted by Gasteiger charge is -2.22. The third-order valence-corrected chi connectivity index (χ3v) is 3.33. The molecule has 0 spiro atoms. The highest BCUT2D eigenvalue weighted by molar-refractivity contribution is 5.74. The number of aliphatic hydroxyl groups excluding tert-OH is 1. The summed E-state index contributed by atoms with van der Waals surface area (Å²) in [6.45, 7) is 0.558. The smallest absolute Gasteiger partial charge is 0.318 e. The van der Waals surface area contributed by atoms with E-state index in [2.05, 4.69) is 5.32 Å². The zero-order chi connectivity index (χ0) is 16.7. The molecule has 0 bridgehead atoms. The number of carbonyl (C=O) groups excluding carboxylic acids is 1. The van der Waals surface area contributed by atoms with Crippen molar-refractivity contribution in [1.29, 1.82) is 0 Å². The van der Waals surface area contributed by atoms with Crippen LogP contribution in [0.4, 0.5) is 9.18 Å². The van der Waals surface area contributed by atoms with Gasteiger partial charge in [-0.25, -0.2) is 9.18 Å². The number of phenolic OH excluding ortho intramolecular Hbond substituents is 1. The Morgan fingerprint density at radius 1 is 1.13 bits per heavy atom. The fourth-order valence-electron chi connectivity index (χ4n) is 2.13. The zero-order valence-electron chi connectivity index (χ0n) is 12.6. The highest BCUT2D eigenvalue weighted by Gasteiger charge is 2.13. The molecule has 0 unspecified atom stereocenters. The second-order valence-electron chi connectivity index (χ2n) is 5.08.